The highest BCUT2D eigenvalue weighted by molar-refractivity contribution is 6.16. The number of carbonyl (C=O) groups excluding carboxylic acids is 1. The number of anilines is 2. The molecule has 3 heteroatoms. The molecule has 0 unspecified atom stereocenters. The van der Waals surface area contributed by atoms with E-state index in [0.29, 0.717) is 23.1 Å². The van der Waals surface area contributed by atoms with Crippen molar-refractivity contribution in [3.63, 3.8) is 0 Å². The second kappa shape index (κ2) is 5.53. The minimum atomic E-state index is -0.0441. The number of aryl methyl sites for hydroxylation is 1. The van der Waals surface area contributed by atoms with Gasteiger partial charge in [0.2, 0.25) is 0 Å². The van der Waals surface area contributed by atoms with E-state index in [0.717, 1.165) is 16.9 Å². The summed E-state index contributed by atoms with van der Waals surface area (Å²) in [5.41, 5.74) is 5.75. The zero-order valence-corrected chi connectivity index (χ0v) is 13.3. The fourth-order valence-corrected chi connectivity index (χ4v) is 3.19. The van der Waals surface area contributed by atoms with Crippen LogP contribution in [0.25, 0.3) is 0 Å². The van der Waals surface area contributed by atoms with Crippen LogP contribution >= 0.6 is 0 Å². The SMILES string of the molecule is Cc1ccc(Nc2ccc(O)c3c2C(=O)c2ccccc2C3)cc1. The van der Waals surface area contributed by atoms with Gasteiger partial charge in [-0.05, 0) is 36.8 Å². The molecule has 0 saturated carbocycles. The van der Waals surface area contributed by atoms with Crippen molar-refractivity contribution in [3.8, 4) is 5.75 Å². The van der Waals surface area contributed by atoms with E-state index in [1.54, 1.807) is 12.1 Å². The first-order valence-electron chi connectivity index (χ1n) is 7.94. The first kappa shape index (κ1) is 14.5. The first-order valence-corrected chi connectivity index (χ1v) is 7.94. The standard InChI is InChI=1S/C21H17NO2/c1-13-6-8-15(9-7-13)22-18-10-11-19(23)17-12-14-4-2-3-5-16(14)21(24)20(17)18/h2-11,22-23H,12H2,1H3. The Balaban J connectivity index is 1.82. The van der Waals surface area contributed by atoms with E-state index in [2.05, 4.69) is 5.32 Å². The van der Waals surface area contributed by atoms with Gasteiger partial charge in [-0.15, -0.1) is 0 Å². The van der Waals surface area contributed by atoms with Gasteiger partial charge in [0, 0.05) is 23.2 Å². The number of ketones is 1. The molecule has 2 N–H and O–H groups in total. The number of rotatable bonds is 2. The Kier molecular flexibility index (Phi) is 3.35. The molecular weight excluding hydrogens is 298 g/mol. The van der Waals surface area contributed by atoms with Crippen molar-refractivity contribution in [3.05, 3.63) is 88.5 Å². The Labute approximate surface area is 140 Å². The molecule has 0 fully saturated rings. The van der Waals surface area contributed by atoms with Crippen LogP contribution in [0.3, 0.4) is 0 Å². The Morgan fingerprint density at radius 3 is 2.50 bits per heavy atom. The molecule has 1 aliphatic carbocycles. The van der Waals surface area contributed by atoms with Crippen LogP contribution in [-0.4, -0.2) is 10.9 Å². The molecule has 0 heterocycles. The number of hydrogen-bond acceptors (Lipinski definition) is 3. The molecule has 3 nitrogen and oxygen atoms in total. The zero-order valence-electron chi connectivity index (χ0n) is 13.3. The highest BCUT2D eigenvalue weighted by Crippen LogP contribution is 2.37. The quantitative estimate of drug-likeness (QED) is 0.532. The van der Waals surface area contributed by atoms with Gasteiger partial charge in [0.05, 0.1) is 11.3 Å². The summed E-state index contributed by atoms with van der Waals surface area (Å²) in [6, 6.07) is 19.0. The average molecular weight is 315 g/mol. The van der Waals surface area contributed by atoms with Gasteiger partial charge in [0.15, 0.2) is 5.78 Å². The molecule has 1 aliphatic rings. The van der Waals surface area contributed by atoms with Crippen molar-refractivity contribution < 1.29 is 9.90 Å². The molecule has 3 aromatic carbocycles. The van der Waals surface area contributed by atoms with E-state index in [4.69, 9.17) is 0 Å². The number of benzene rings is 3. The van der Waals surface area contributed by atoms with E-state index in [1.165, 1.54) is 5.56 Å². The van der Waals surface area contributed by atoms with Crippen molar-refractivity contribution in [1.29, 1.82) is 0 Å². The van der Waals surface area contributed by atoms with Gasteiger partial charge in [-0.2, -0.15) is 0 Å². The summed E-state index contributed by atoms with van der Waals surface area (Å²) >= 11 is 0. The number of hydrogen-bond donors (Lipinski definition) is 2. The summed E-state index contributed by atoms with van der Waals surface area (Å²) in [6.45, 7) is 2.03. The van der Waals surface area contributed by atoms with E-state index in [9.17, 15) is 9.90 Å². The maximum Gasteiger partial charge on any atom is 0.195 e. The van der Waals surface area contributed by atoms with Crippen LogP contribution in [0.5, 0.6) is 5.75 Å². The number of phenols is 1. The van der Waals surface area contributed by atoms with Crippen molar-refractivity contribution in [2.45, 2.75) is 13.3 Å². The van der Waals surface area contributed by atoms with Crippen molar-refractivity contribution in [1.82, 2.24) is 0 Å². The van der Waals surface area contributed by atoms with Crippen LogP contribution in [0.1, 0.15) is 32.6 Å². The lowest BCUT2D eigenvalue weighted by Crippen LogP contribution is -2.17. The largest absolute Gasteiger partial charge is 0.508 e. The molecule has 3 aromatic rings. The van der Waals surface area contributed by atoms with Gasteiger partial charge < -0.3 is 10.4 Å². The summed E-state index contributed by atoms with van der Waals surface area (Å²) < 4.78 is 0. The molecular formula is C21H17NO2. The molecule has 0 aliphatic heterocycles. The number of carbonyl (C=O) groups is 1. The van der Waals surface area contributed by atoms with Crippen LogP contribution < -0.4 is 5.32 Å². The molecule has 4 rings (SSSR count). The van der Waals surface area contributed by atoms with Crippen LogP contribution in [0.15, 0.2) is 60.7 Å². The Bertz CT molecular complexity index is 943. The molecule has 118 valence electrons. The second-order valence-corrected chi connectivity index (χ2v) is 6.14. The highest BCUT2D eigenvalue weighted by Gasteiger charge is 2.27. The van der Waals surface area contributed by atoms with E-state index < -0.39 is 0 Å². The van der Waals surface area contributed by atoms with Crippen LogP contribution in [-0.2, 0) is 6.42 Å². The molecule has 24 heavy (non-hydrogen) atoms. The van der Waals surface area contributed by atoms with Crippen molar-refractivity contribution >= 4 is 17.2 Å². The van der Waals surface area contributed by atoms with Gasteiger partial charge in [0.25, 0.3) is 0 Å². The number of aromatic hydroxyl groups is 1. The summed E-state index contributed by atoms with van der Waals surface area (Å²) in [7, 11) is 0. The normalized spacial score (nSPS) is 12.5. The summed E-state index contributed by atoms with van der Waals surface area (Å²) in [6.07, 6.45) is 0.562. The molecule has 0 spiro atoms. The predicted molar refractivity (Wildman–Crippen MR) is 95.2 cm³/mol. The summed E-state index contributed by atoms with van der Waals surface area (Å²) in [5.74, 6) is 0.125. The highest BCUT2D eigenvalue weighted by atomic mass is 16.3. The average Bonchev–Trinajstić information content (AvgIpc) is 2.60. The van der Waals surface area contributed by atoms with E-state index in [-0.39, 0.29) is 11.5 Å². The molecule has 0 radical (unpaired) electrons. The lowest BCUT2D eigenvalue weighted by atomic mass is 9.83. The molecule has 0 saturated heterocycles. The van der Waals surface area contributed by atoms with Gasteiger partial charge in [-0.3, -0.25) is 4.79 Å². The monoisotopic (exact) mass is 315 g/mol. The number of phenolic OH excluding ortho intramolecular Hbond substituents is 1. The van der Waals surface area contributed by atoms with Crippen LogP contribution in [0.4, 0.5) is 11.4 Å². The number of nitrogens with one attached hydrogen (secondary N) is 1. The van der Waals surface area contributed by atoms with Crippen LogP contribution in [0.2, 0.25) is 0 Å². The predicted octanol–water partition coefficient (Wildman–Crippen LogP) is 4.58. The maximum absolute atomic E-state index is 13.0. The fourth-order valence-electron chi connectivity index (χ4n) is 3.19. The minimum absolute atomic E-state index is 0.0441. The van der Waals surface area contributed by atoms with Crippen molar-refractivity contribution in [2.75, 3.05) is 5.32 Å². The third-order valence-electron chi connectivity index (χ3n) is 4.48. The molecule has 0 amide bonds. The lowest BCUT2D eigenvalue weighted by molar-refractivity contribution is 0.103. The van der Waals surface area contributed by atoms with Crippen LogP contribution in [0, 0.1) is 6.92 Å². The second-order valence-electron chi connectivity index (χ2n) is 6.14. The Hall–Kier alpha value is -3.07. The molecule has 0 atom stereocenters. The third kappa shape index (κ3) is 2.35. The Morgan fingerprint density at radius 1 is 0.958 bits per heavy atom. The Morgan fingerprint density at radius 2 is 1.71 bits per heavy atom. The van der Waals surface area contributed by atoms with E-state index >= 15 is 0 Å². The topological polar surface area (TPSA) is 49.3 Å². The third-order valence-corrected chi connectivity index (χ3v) is 4.48. The first-order chi connectivity index (χ1) is 11.6. The zero-order chi connectivity index (χ0) is 16.7. The summed E-state index contributed by atoms with van der Waals surface area (Å²) in [4.78, 5) is 13.0. The number of fused-ring (bicyclic) bond motifs is 2. The minimum Gasteiger partial charge on any atom is -0.508 e. The van der Waals surface area contributed by atoms with E-state index in [1.807, 2.05) is 55.5 Å². The fraction of sp³-hybridized carbons (Fsp3) is 0.0952. The maximum atomic E-state index is 13.0. The van der Waals surface area contributed by atoms with Crippen molar-refractivity contribution in [2.24, 2.45) is 0 Å². The molecule has 0 bridgehead atoms. The van der Waals surface area contributed by atoms with Gasteiger partial charge >= 0.3 is 0 Å². The van der Waals surface area contributed by atoms with Gasteiger partial charge in [-0.25, -0.2) is 0 Å². The lowest BCUT2D eigenvalue weighted by Gasteiger charge is -2.22. The van der Waals surface area contributed by atoms with Gasteiger partial charge in [0.1, 0.15) is 5.75 Å². The van der Waals surface area contributed by atoms with Gasteiger partial charge in [-0.1, -0.05) is 42.0 Å². The summed E-state index contributed by atoms with van der Waals surface area (Å²) in [5, 5.41) is 13.6. The molecule has 0 aromatic heterocycles. The smallest absolute Gasteiger partial charge is 0.195 e.